The molecule has 9 heteroatoms. The number of hydrogen-bond donors (Lipinski definition) is 1. The average Bonchev–Trinajstić information content (AvgIpc) is 3.39. The first-order valence-corrected chi connectivity index (χ1v) is 11.7. The van der Waals surface area contributed by atoms with E-state index < -0.39 is 18.0 Å². The number of benzene rings is 3. The molecule has 2 heterocycles. The number of imide groups is 1. The van der Waals surface area contributed by atoms with Gasteiger partial charge in [0.25, 0.3) is 5.91 Å². The van der Waals surface area contributed by atoms with E-state index in [9.17, 15) is 14.4 Å². The summed E-state index contributed by atoms with van der Waals surface area (Å²) >= 11 is 2.18. The molecule has 5 rings (SSSR count). The number of nitrogens with zero attached hydrogens (tertiary/aromatic N) is 2. The van der Waals surface area contributed by atoms with E-state index in [0.29, 0.717) is 22.9 Å². The SMILES string of the molecule is O=C(C[C@@H]1C(=O)N(c2ccccc2)C(=O)N1Cc1ccc2c(c1)OCO2)Nc1ccc(I)cc1. The third-order valence-electron chi connectivity index (χ3n) is 5.63. The highest BCUT2D eigenvalue weighted by molar-refractivity contribution is 14.1. The molecule has 1 atom stereocenters. The number of fused-ring (bicyclic) bond motifs is 1. The van der Waals surface area contributed by atoms with Crippen LogP contribution in [0.3, 0.4) is 0 Å². The van der Waals surface area contributed by atoms with E-state index in [1.807, 2.05) is 24.3 Å². The van der Waals surface area contributed by atoms with Gasteiger partial charge in [-0.2, -0.15) is 0 Å². The molecule has 1 saturated heterocycles. The van der Waals surface area contributed by atoms with Crippen molar-refractivity contribution in [2.75, 3.05) is 17.0 Å². The molecule has 2 aliphatic heterocycles. The molecule has 3 aromatic carbocycles. The van der Waals surface area contributed by atoms with Crippen LogP contribution in [0, 0.1) is 3.57 Å². The maximum Gasteiger partial charge on any atom is 0.332 e. The Hall–Kier alpha value is -3.60. The van der Waals surface area contributed by atoms with Crippen LogP contribution in [-0.2, 0) is 16.1 Å². The smallest absolute Gasteiger partial charge is 0.332 e. The van der Waals surface area contributed by atoms with Gasteiger partial charge in [0, 0.05) is 15.8 Å². The highest BCUT2D eigenvalue weighted by Gasteiger charge is 2.46. The summed E-state index contributed by atoms with van der Waals surface area (Å²) in [5.74, 6) is 0.433. The normalized spacial score (nSPS) is 16.8. The van der Waals surface area contributed by atoms with Crippen molar-refractivity contribution in [2.24, 2.45) is 0 Å². The quantitative estimate of drug-likeness (QED) is 0.352. The summed E-state index contributed by atoms with van der Waals surface area (Å²) in [7, 11) is 0. The predicted molar refractivity (Wildman–Crippen MR) is 134 cm³/mol. The van der Waals surface area contributed by atoms with Crippen molar-refractivity contribution in [3.63, 3.8) is 0 Å². The average molecular weight is 569 g/mol. The molecule has 1 N–H and O–H groups in total. The summed E-state index contributed by atoms with van der Waals surface area (Å²) in [5.41, 5.74) is 1.86. The highest BCUT2D eigenvalue weighted by atomic mass is 127. The minimum Gasteiger partial charge on any atom is -0.454 e. The van der Waals surface area contributed by atoms with E-state index in [0.717, 1.165) is 14.0 Å². The van der Waals surface area contributed by atoms with Crippen LogP contribution in [-0.4, -0.2) is 35.6 Å². The van der Waals surface area contributed by atoms with Gasteiger partial charge in [-0.15, -0.1) is 0 Å². The Morgan fingerprint density at radius 2 is 1.71 bits per heavy atom. The molecule has 1 fully saturated rings. The number of ether oxygens (including phenoxy) is 2. The molecule has 2 aliphatic rings. The first kappa shape index (κ1) is 22.2. The largest absolute Gasteiger partial charge is 0.454 e. The predicted octanol–water partition coefficient (Wildman–Crippen LogP) is 4.39. The number of carbonyl (C=O) groups excluding carboxylic acids is 3. The van der Waals surface area contributed by atoms with Gasteiger partial charge < -0.3 is 19.7 Å². The van der Waals surface area contributed by atoms with Crippen LogP contribution in [0.15, 0.2) is 72.8 Å². The number of hydrogen-bond acceptors (Lipinski definition) is 5. The van der Waals surface area contributed by atoms with Crippen LogP contribution in [0.1, 0.15) is 12.0 Å². The first-order chi connectivity index (χ1) is 16.5. The van der Waals surface area contributed by atoms with Gasteiger partial charge in [0.2, 0.25) is 12.7 Å². The minimum atomic E-state index is -0.943. The monoisotopic (exact) mass is 569 g/mol. The van der Waals surface area contributed by atoms with E-state index in [1.165, 1.54) is 4.90 Å². The molecule has 0 spiro atoms. The molecule has 8 nitrogen and oxygen atoms in total. The van der Waals surface area contributed by atoms with E-state index >= 15 is 0 Å². The Morgan fingerprint density at radius 1 is 0.971 bits per heavy atom. The van der Waals surface area contributed by atoms with E-state index in [1.54, 1.807) is 48.5 Å². The lowest BCUT2D eigenvalue weighted by Gasteiger charge is -2.22. The third kappa shape index (κ3) is 4.43. The Balaban J connectivity index is 1.40. The maximum atomic E-state index is 13.4. The van der Waals surface area contributed by atoms with E-state index in [4.69, 9.17) is 9.47 Å². The molecule has 4 amide bonds. The lowest BCUT2D eigenvalue weighted by atomic mass is 10.1. The van der Waals surface area contributed by atoms with Crippen molar-refractivity contribution >= 4 is 51.8 Å². The molecule has 3 aromatic rings. The standard InChI is InChI=1S/C25H20IN3O5/c26-17-7-9-18(10-8-17)27-23(30)13-20-24(31)29(19-4-2-1-3-5-19)25(32)28(20)14-16-6-11-21-22(12-16)34-15-33-21/h1-12,20H,13-15H2,(H,27,30)/t20-/m1/s1. The third-order valence-corrected chi connectivity index (χ3v) is 6.35. The fraction of sp³-hybridized carbons (Fsp3) is 0.160. The van der Waals surface area contributed by atoms with Gasteiger partial charge in [0.1, 0.15) is 6.04 Å². The van der Waals surface area contributed by atoms with Gasteiger partial charge in [0.15, 0.2) is 11.5 Å². The number of para-hydroxylation sites is 1. The molecule has 0 aromatic heterocycles. The van der Waals surface area contributed by atoms with Gasteiger partial charge in [-0.3, -0.25) is 9.59 Å². The summed E-state index contributed by atoms with van der Waals surface area (Å²) in [6, 6.07) is 20.0. The molecule has 0 aliphatic carbocycles. The van der Waals surface area contributed by atoms with Crippen LogP contribution < -0.4 is 19.7 Å². The number of rotatable bonds is 6. The van der Waals surface area contributed by atoms with Gasteiger partial charge >= 0.3 is 6.03 Å². The number of amides is 4. The molecule has 172 valence electrons. The minimum absolute atomic E-state index is 0.142. The second-order valence-corrected chi connectivity index (χ2v) is 9.13. The summed E-state index contributed by atoms with van der Waals surface area (Å²) in [4.78, 5) is 42.2. The second kappa shape index (κ2) is 9.34. The Kier molecular flexibility index (Phi) is 6.10. The molecular formula is C25H20IN3O5. The van der Waals surface area contributed by atoms with Crippen molar-refractivity contribution in [3.8, 4) is 11.5 Å². The molecule has 0 bridgehead atoms. The summed E-state index contributed by atoms with van der Waals surface area (Å²) in [6.07, 6.45) is -0.162. The first-order valence-electron chi connectivity index (χ1n) is 10.6. The zero-order valence-corrected chi connectivity index (χ0v) is 20.1. The van der Waals surface area contributed by atoms with Crippen LogP contribution in [0.25, 0.3) is 0 Å². The maximum absolute atomic E-state index is 13.4. The fourth-order valence-corrected chi connectivity index (χ4v) is 4.34. The van der Waals surface area contributed by atoms with Crippen molar-refractivity contribution in [1.29, 1.82) is 0 Å². The van der Waals surface area contributed by atoms with Crippen LogP contribution in [0.4, 0.5) is 16.2 Å². The van der Waals surface area contributed by atoms with Crippen LogP contribution in [0.2, 0.25) is 0 Å². The zero-order chi connectivity index (χ0) is 23.7. The van der Waals surface area contributed by atoms with Gasteiger partial charge in [0.05, 0.1) is 12.1 Å². The van der Waals surface area contributed by atoms with E-state index in [2.05, 4.69) is 27.9 Å². The van der Waals surface area contributed by atoms with Gasteiger partial charge in [-0.25, -0.2) is 9.69 Å². The molecule has 0 radical (unpaired) electrons. The topological polar surface area (TPSA) is 88.2 Å². The van der Waals surface area contributed by atoms with Crippen LogP contribution >= 0.6 is 22.6 Å². The van der Waals surface area contributed by atoms with Crippen molar-refractivity contribution in [2.45, 2.75) is 19.0 Å². The van der Waals surface area contributed by atoms with Gasteiger partial charge in [-0.05, 0) is 76.7 Å². The lowest BCUT2D eigenvalue weighted by Crippen LogP contribution is -2.37. The van der Waals surface area contributed by atoms with Crippen molar-refractivity contribution in [3.05, 3.63) is 81.9 Å². The van der Waals surface area contributed by atoms with Crippen molar-refractivity contribution in [1.82, 2.24) is 4.90 Å². The number of urea groups is 1. The second-order valence-electron chi connectivity index (χ2n) is 7.88. The molecule has 0 saturated carbocycles. The Morgan fingerprint density at radius 3 is 2.47 bits per heavy atom. The van der Waals surface area contributed by atoms with Crippen molar-refractivity contribution < 1.29 is 23.9 Å². The van der Waals surface area contributed by atoms with Gasteiger partial charge in [-0.1, -0.05) is 24.3 Å². The molecular weight excluding hydrogens is 549 g/mol. The highest BCUT2D eigenvalue weighted by Crippen LogP contribution is 2.34. The molecule has 0 unspecified atom stereocenters. The number of nitrogens with one attached hydrogen (secondary N) is 1. The summed E-state index contributed by atoms with van der Waals surface area (Å²) < 4.78 is 11.8. The fourth-order valence-electron chi connectivity index (χ4n) is 3.99. The number of anilines is 2. The number of halogens is 1. The Labute approximate surface area is 209 Å². The number of carbonyl (C=O) groups is 3. The Bertz CT molecular complexity index is 1250. The lowest BCUT2D eigenvalue weighted by molar-refractivity contribution is -0.124. The van der Waals surface area contributed by atoms with Crippen LogP contribution in [0.5, 0.6) is 11.5 Å². The molecule has 34 heavy (non-hydrogen) atoms. The van der Waals surface area contributed by atoms with E-state index in [-0.39, 0.29) is 25.7 Å². The summed E-state index contributed by atoms with van der Waals surface area (Å²) in [6.45, 7) is 0.287. The zero-order valence-electron chi connectivity index (χ0n) is 17.9. The summed E-state index contributed by atoms with van der Waals surface area (Å²) in [5, 5.41) is 2.82.